The fraction of sp³-hybridized carbons (Fsp3) is 0.358. The van der Waals surface area contributed by atoms with Crippen LogP contribution in [0, 0.1) is 41.5 Å². The molecule has 0 fully saturated rings. The fourth-order valence-corrected chi connectivity index (χ4v) is 15.5. The minimum atomic E-state index is -2.27. The molecule has 1 nitrogen and oxygen atoms in total. The van der Waals surface area contributed by atoms with Gasteiger partial charge in [0.25, 0.3) is 0 Å². The lowest BCUT2D eigenvalue weighted by molar-refractivity contribution is 0.399. The second-order valence-corrected chi connectivity index (χ2v) is 23.5. The highest BCUT2D eigenvalue weighted by Gasteiger charge is 2.49. The topological polar surface area (TPSA) is 9.23 Å². The Bertz CT molecular complexity index is 2350. The molecular formula is C53H62OSi. The molecule has 5 aromatic rings. The maximum absolute atomic E-state index is 6.47. The molecule has 0 heterocycles. The van der Waals surface area contributed by atoms with Crippen LogP contribution in [0.25, 0.3) is 45.5 Å². The summed E-state index contributed by atoms with van der Waals surface area (Å²) in [5, 5.41) is 0. The highest BCUT2D eigenvalue weighted by molar-refractivity contribution is 6.82. The normalized spacial score (nSPS) is 16.5. The summed E-state index contributed by atoms with van der Waals surface area (Å²) >= 11 is 0. The number of benzene rings is 5. The molecule has 0 N–H and O–H groups in total. The summed E-state index contributed by atoms with van der Waals surface area (Å²) in [6, 6.07) is 28.6. The molecule has 0 bridgehead atoms. The third kappa shape index (κ3) is 6.90. The van der Waals surface area contributed by atoms with Crippen molar-refractivity contribution in [1.29, 1.82) is 0 Å². The van der Waals surface area contributed by atoms with Crippen LogP contribution in [0.5, 0.6) is 5.75 Å². The molecule has 0 aliphatic heterocycles. The Morgan fingerprint density at radius 1 is 0.600 bits per heavy atom. The summed E-state index contributed by atoms with van der Waals surface area (Å²) in [7, 11) is -0.402. The summed E-state index contributed by atoms with van der Waals surface area (Å²) in [6.45, 7) is 30.6. The molecule has 7 rings (SSSR count). The first-order chi connectivity index (χ1) is 25.9. The van der Waals surface area contributed by atoms with E-state index in [-0.39, 0.29) is 5.41 Å². The van der Waals surface area contributed by atoms with Gasteiger partial charge in [-0.25, -0.2) is 0 Å². The highest BCUT2D eigenvalue weighted by atomic mass is 28.3. The molecule has 0 amide bonds. The Morgan fingerprint density at radius 2 is 1.09 bits per heavy atom. The van der Waals surface area contributed by atoms with Gasteiger partial charge in [0, 0.05) is 22.2 Å². The summed E-state index contributed by atoms with van der Waals surface area (Å²) in [5.41, 5.74) is 26.7. The zero-order chi connectivity index (χ0) is 39.7. The van der Waals surface area contributed by atoms with Gasteiger partial charge in [0.15, 0.2) is 0 Å². The molecule has 55 heavy (non-hydrogen) atoms. The van der Waals surface area contributed by atoms with E-state index in [4.69, 9.17) is 4.74 Å². The Hall–Kier alpha value is -4.40. The van der Waals surface area contributed by atoms with Gasteiger partial charge in [-0.1, -0.05) is 177 Å². The van der Waals surface area contributed by atoms with E-state index in [2.05, 4.69) is 174 Å². The largest absolute Gasteiger partial charge is 0.496 e. The van der Waals surface area contributed by atoms with Gasteiger partial charge in [-0.3, -0.25) is 0 Å². The third-order valence-electron chi connectivity index (χ3n) is 12.4. The Kier molecular flexibility index (Phi) is 10.1. The molecule has 0 aromatic heterocycles. The Balaban J connectivity index is 1.52. The van der Waals surface area contributed by atoms with Crippen LogP contribution in [-0.4, -0.2) is 15.2 Å². The van der Waals surface area contributed by atoms with E-state index in [9.17, 15) is 0 Å². The van der Waals surface area contributed by atoms with Crippen molar-refractivity contribution in [3.8, 4) is 39.1 Å². The first-order valence-electron chi connectivity index (χ1n) is 20.5. The predicted octanol–water partition coefficient (Wildman–Crippen LogP) is 15.1. The van der Waals surface area contributed by atoms with Crippen molar-refractivity contribution >= 4 is 20.2 Å². The zero-order valence-corrected chi connectivity index (χ0v) is 37.1. The van der Waals surface area contributed by atoms with E-state index >= 15 is 0 Å². The van der Waals surface area contributed by atoms with Crippen molar-refractivity contribution in [3.63, 3.8) is 0 Å². The molecule has 2 aliphatic rings. The van der Waals surface area contributed by atoms with Crippen molar-refractivity contribution < 1.29 is 4.74 Å². The van der Waals surface area contributed by atoms with Crippen molar-refractivity contribution in [2.45, 2.75) is 119 Å². The smallest absolute Gasteiger partial charge is 0.131 e. The first kappa shape index (κ1) is 38.9. The van der Waals surface area contributed by atoms with Crippen LogP contribution >= 0.6 is 0 Å². The number of allylic oxidation sites excluding steroid dienone is 2. The molecule has 0 saturated heterocycles. The molecule has 5 aromatic carbocycles. The van der Waals surface area contributed by atoms with E-state index < -0.39 is 8.07 Å². The standard InChI is InChI=1S/C53H62OSi/c1-15-16-38-29-45-46(30-47(53(9,10)11)50(54-12)48(45)41-26-35(6)21-36(7)27-41)52(38)55(13,14)51-37(8)28-44-42(39-22-31(2)19-32(3)23-39)17-18-43(49(44)51)40-24-33(4)20-34(5)25-40/h17-30,51-52H,15-16H2,1-14H3. The van der Waals surface area contributed by atoms with Gasteiger partial charge in [-0.2, -0.15) is 0 Å². The SMILES string of the molecule is CCCC1=Cc2c(cc(C(C)(C)C)c(OC)c2-c2cc(C)cc(C)c2)C1[Si](C)(C)C1C(C)=Cc2c(-c3cc(C)cc(C)c3)ccc(-c3cc(C)cc(C)c3)c21. The summed E-state index contributed by atoms with van der Waals surface area (Å²) in [4.78, 5) is 0. The number of ether oxygens (including phenoxy) is 1. The van der Waals surface area contributed by atoms with Crippen LogP contribution in [-0.2, 0) is 5.41 Å². The molecule has 2 unspecified atom stereocenters. The third-order valence-corrected chi connectivity index (χ3v) is 16.8. The molecule has 0 spiro atoms. The van der Waals surface area contributed by atoms with E-state index in [0.717, 1.165) is 18.6 Å². The molecule has 2 atom stereocenters. The fourth-order valence-electron chi connectivity index (χ4n) is 10.7. The van der Waals surface area contributed by atoms with E-state index in [1.165, 1.54) is 94.6 Å². The van der Waals surface area contributed by atoms with Gasteiger partial charge in [0.1, 0.15) is 5.75 Å². The second-order valence-electron chi connectivity index (χ2n) is 18.7. The lowest BCUT2D eigenvalue weighted by Gasteiger charge is -2.41. The van der Waals surface area contributed by atoms with Gasteiger partial charge >= 0.3 is 0 Å². The van der Waals surface area contributed by atoms with Crippen LogP contribution < -0.4 is 4.74 Å². The monoisotopic (exact) mass is 742 g/mol. The van der Waals surface area contributed by atoms with E-state index in [1.807, 2.05) is 7.11 Å². The van der Waals surface area contributed by atoms with Crippen LogP contribution in [0.3, 0.4) is 0 Å². The van der Waals surface area contributed by atoms with Crippen LogP contribution in [0.4, 0.5) is 0 Å². The van der Waals surface area contributed by atoms with Gasteiger partial charge in [0.05, 0.1) is 15.2 Å². The molecule has 284 valence electrons. The number of rotatable bonds is 8. The number of fused-ring (bicyclic) bond motifs is 2. The van der Waals surface area contributed by atoms with Crippen LogP contribution in [0.15, 0.2) is 83.9 Å². The van der Waals surface area contributed by atoms with Gasteiger partial charge in [0.2, 0.25) is 0 Å². The van der Waals surface area contributed by atoms with Gasteiger partial charge in [-0.05, 0) is 110 Å². The average Bonchev–Trinajstić information content (AvgIpc) is 3.63. The predicted molar refractivity (Wildman–Crippen MR) is 242 cm³/mol. The second kappa shape index (κ2) is 14.3. The zero-order valence-electron chi connectivity index (χ0n) is 36.1. The number of methoxy groups -OCH3 is 1. The van der Waals surface area contributed by atoms with E-state index in [0.29, 0.717) is 11.1 Å². The van der Waals surface area contributed by atoms with Crippen molar-refractivity contribution in [2.75, 3.05) is 7.11 Å². The quantitative estimate of drug-likeness (QED) is 0.144. The molecule has 2 aliphatic carbocycles. The minimum Gasteiger partial charge on any atom is -0.496 e. The van der Waals surface area contributed by atoms with Crippen molar-refractivity contribution in [1.82, 2.24) is 0 Å². The number of aryl methyl sites for hydroxylation is 6. The summed E-state index contributed by atoms with van der Waals surface area (Å²) in [5.74, 6) is 1.03. The summed E-state index contributed by atoms with van der Waals surface area (Å²) in [6.07, 6.45) is 7.40. The summed E-state index contributed by atoms with van der Waals surface area (Å²) < 4.78 is 6.47. The van der Waals surface area contributed by atoms with Crippen LogP contribution in [0.2, 0.25) is 13.1 Å². The molecular weight excluding hydrogens is 681 g/mol. The lowest BCUT2D eigenvalue weighted by Crippen LogP contribution is -2.43. The first-order valence-corrected chi connectivity index (χ1v) is 23.6. The van der Waals surface area contributed by atoms with E-state index in [1.54, 1.807) is 11.1 Å². The lowest BCUT2D eigenvalue weighted by atomic mass is 9.81. The maximum atomic E-state index is 6.47. The van der Waals surface area contributed by atoms with Gasteiger partial charge < -0.3 is 4.74 Å². The van der Waals surface area contributed by atoms with Crippen LogP contribution in [0.1, 0.15) is 120 Å². The average molecular weight is 743 g/mol. The van der Waals surface area contributed by atoms with Crippen molar-refractivity contribution in [2.24, 2.45) is 0 Å². The Morgan fingerprint density at radius 3 is 1.58 bits per heavy atom. The Labute approximate surface area is 333 Å². The molecule has 2 heteroatoms. The minimum absolute atomic E-state index is 0.0927. The number of hydrogen-bond donors (Lipinski definition) is 0. The van der Waals surface area contributed by atoms with Crippen molar-refractivity contribution in [3.05, 3.63) is 145 Å². The van der Waals surface area contributed by atoms with Gasteiger partial charge in [-0.15, -0.1) is 0 Å². The molecule has 0 radical (unpaired) electrons. The maximum Gasteiger partial charge on any atom is 0.131 e. The number of hydrogen-bond acceptors (Lipinski definition) is 1. The highest BCUT2D eigenvalue weighted by Crippen LogP contribution is 2.59. The molecule has 0 saturated carbocycles.